The minimum atomic E-state index is -3.49. The molecule has 1 aromatic heterocycles. The van der Waals surface area contributed by atoms with Crippen molar-refractivity contribution in [2.75, 3.05) is 0 Å². The highest BCUT2D eigenvalue weighted by Gasteiger charge is 2.22. The molecule has 0 saturated heterocycles. The third kappa shape index (κ3) is 4.63. The standard InChI is InChI=1S/C13H24N2O3S/c1-6-10(4)15-19(16,17)13-7-12(18-11(13)5)8-14-9(2)3/h7,9-10,14-15H,6,8H2,1-5H3. The van der Waals surface area contributed by atoms with Gasteiger partial charge in [-0.1, -0.05) is 20.8 Å². The van der Waals surface area contributed by atoms with Gasteiger partial charge in [0.1, 0.15) is 16.4 Å². The molecule has 1 aromatic rings. The Balaban J connectivity index is 2.89. The second-order valence-electron chi connectivity index (χ2n) is 5.10. The van der Waals surface area contributed by atoms with Crippen molar-refractivity contribution in [1.82, 2.24) is 10.0 Å². The van der Waals surface area contributed by atoms with E-state index in [1.165, 1.54) is 0 Å². The molecule has 0 aliphatic carbocycles. The quantitative estimate of drug-likeness (QED) is 0.806. The molecule has 19 heavy (non-hydrogen) atoms. The summed E-state index contributed by atoms with van der Waals surface area (Å²) in [5.41, 5.74) is 0. The topological polar surface area (TPSA) is 71.3 Å². The van der Waals surface area contributed by atoms with Crippen LogP contribution < -0.4 is 10.0 Å². The van der Waals surface area contributed by atoms with Crippen molar-refractivity contribution in [3.05, 3.63) is 17.6 Å². The van der Waals surface area contributed by atoms with Crippen LogP contribution in [0, 0.1) is 6.92 Å². The molecule has 0 aromatic carbocycles. The summed E-state index contributed by atoms with van der Waals surface area (Å²) in [7, 11) is -3.49. The van der Waals surface area contributed by atoms with Crippen molar-refractivity contribution in [3.8, 4) is 0 Å². The Kier molecular flexibility index (Phi) is 5.58. The van der Waals surface area contributed by atoms with E-state index in [9.17, 15) is 8.42 Å². The summed E-state index contributed by atoms with van der Waals surface area (Å²) in [5.74, 6) is 1.06. The molecule has 0 saturated carbocycles. The molecule has 1 rings (SSSR count). The number of hydrogen-bond donors (Lipinski definition) is 2. The van der Waals surface area contributed by atoms with Crippen LogP contribution in [0.5, 0.6) is 0 Å². The van der Waals surface area contributed by atoms with E-state index < -0.39 is 10.0 Å². The summed E-state index contributed by atoms with van der Waals surface area (Å²) in [4.78, 5) is 0.230. The average Bonchev–Trinajstić information content (AvgIpc) is 2.68. The van der Waals surface area contributed by atoms with Gasteiger partial charge in [0.15, 0.2) is 0 Å². The van der Waals surface area contributed by atoms with Crippen molar-refractivity contribution >= 4 is 10.0 Å². The van der Waals surface area contributed by atoms with Crippen LogP contribution in [0.1, 0.15) is 45.6 Å². The minimum absolute atomic E-state index is 0.0865. The first-order valence-electron chi connectivity index (χ1n) is 6.61. The van der Waals surface area contributed by atoms with E-state index in [-0.39, 0.29) is 10.9 Å². The van der Waals surface area contributed by atoms with Gasteiger partial charge in [-0.15, -0.1) is 0 Å². The Morgan fingerprint density at radius 2 is 1.95 bits per heavy atom. The molecule has 1 heterocycles. The maximum atomic E-state index is 12.2. The molecule has 0 radical (unpaired) electrons. The third-order valence-electron chi connectivity index (χ3n) is 2.87. The van der Waals surface area contributed by atoms with E-state index in [0.29, 0.717) is 24.1 Å². The van der Waals surface area contributed by atoms with E-state index in [0.717, 1.165) is 6.42 Å². The molecule has 6 heteroatoms. The number of hydrogen-bond acceptors (Lipinski definition) is 4. The van der Waals surface area contributed by atoms with Crippen LogP contribution in [0.3, 0.4) is 0 Å². The predicted octanol–water partition coefficient (Wildman–Crippen LogP) is 2.16. The predicted molar refractivity (Wildman–Crippen MR) is 75.5 cm³/mol. The summed E-state index contributed by atoms with van der Waals surface area (Å²) in [6.45, 7) is 10.0. The molecule has 1 atom stereocenters. The third-order valence-corrected chi connectivity index (χ3v) is 4.56. The van der Waals surface area contributed by atoms with Crippen LogP contribution in [0.2, 0.25) is 0 Å². The lowest BCUT2D eigenvalue weighted by Crippen LogP contribution is -2.32. The molecular weight excluding hydrogens is 264 g/mol. The van der Waals surface area contributed by atoms with Crippen LogP contribution >= 0.6 is 0 Å². The molecule has 0 fully saturated rings. The Labute approximate surface area is 115 Å². The number of rotatable bonds is 7. The molecule has 1 unspecified atom stereocenters. The zero-order valence-electron chi connectivity index (χ0n) is 12.3. The lowest BCUT2D eigenvalue weighted by molar-refractivity contribution is 0.443. The highest BCUT2D eigenvalue weighted by Crippen LogP contribution is 2.20. The fourth-order valence-electron chi connectivity index (χ4n) is 1.59. The zero-order chi connectivity index (χ0) is 14.6. The lowest BCUT2D eigenvalue weighted by Gasteiger charge is -2.10. The van der Waals surface area contributed by atoms with Gasteiger partial charge in [0.05, 0.1) is 6.54 Å². The summed E-state index contributed by atoms with van der Waals surface area (Å²) >= 11 is 0. The van der Waals surface area contributed by atoms with Crippen LogP contribution in [-0.2, 0) is 16.6 Å². The highest BCUT2D eigenvalue weighted by atomic mass is 32.2. The van der Waals surface area contributed by atoms with Crippen molar-refractivity contribution in [1.29, 1.82) is 0 Å². The summed E-state index contributed by atoms with van der Waals surface area (Å²) in [6, 6.07) is 1.83. The molecular formula is C13H24N2O3S. The van der Waals surface area contributed by atoms with Crippen molar-refractivity contribution in [2.45, 2.75) is 64.6 Å². The number of sulfonamides is 1. The molecule has 110 valence electrons. The van der Waals surface area contributed by atoms with E-state index in [2.05, 4.69) is 10.0 Å². The van der Waals surface area contributed by atoms with E-state index in [4.69, 9.17) is 4.42 Å². The van der Waals surface area contributed by atoms with Gasteiger partial charge >= 0.3 is 0 Å². The van der Waals surface area contributed by atoms with Gasteiger partial charge in [-0.05, 0) is 20.3 Å². The van der Waals surface area contributed by atoms with Gasteiger partial charge < -0.3 is 9.73 Å². The van der Waals surface area contributed by atoms with Crippen LogP contribution in [0.4, 0.5) is 0 Å². The minimum Gasteiger partial charge on any atom is -0.464 e. The molecule has 0 spiro atoms. The first kappa shape index (κ1) is 16.2. The van der Waals surface area contributed by atoms with E-state index in [1.54, 1.807) is 13.0 Å². The van der Waals surface area contributed by atoms with E-state index in [1.807, 2.05) is 27.7 Å². The van der Waals surface area contributed by atoms with Crippen LogP contribution in [-0.4, -0.2) is 20.5 Å². The van der Waals surface area contributed by atoms with Crippen LogP contribution in [0.15, 0.2) is 15.4 Å². The molecule has 5 nitrogen and oxygen atoms in total. The fraction of sp³-hybridized carbons (Fsp3) is 0.692. The second kappa shape index (κ2) is 6.54. The van der Waals surface area contributed by atoms with E-state index >= 15 is 0 Å². The van der Waals surface area contributed by atoms with Gasteiger partial charge in [0.25, 0.3) is 0 Å². The summed E-state index contributed by atoms with van der Waals surface area (Å²) in [6.07, 6.45) is 0.748. The Morgan fingerprint density at radius 1 is 1.32 bits per heavy atom. The SMILES string of the molecule is CCC(C)NS(=O)(=O)c1cc(CNC(C)C)oc1C. The fourth-order valence-corrected chi connectivity index (χ4v) is 3.12. The zero-order valence-corrected chi connectivity index (χ0v) is 13.1. The Hall–Kier alpha value is -0.850. The maximum Gasteiger partial charge on any atom is 0.244 e. The molecule has 0 amide bonds. The van der Waals surface area contributed by atoms with Crippen molar-refractivity contribution in [3.63, 3.8) is 0 Å². The smallest absolute Gasteiger partial charge is 0.244 e. The monoisotopic (exact) mass is 288 g/mol. The molecule has 0 bridgehead atoms. The summed E-state index contributed by atoms with van der Waals surface area (Å²) in [5, 5.41) is 3.20. The number of aryl methyl sites for hydroxylation is 1. The van der Waals surface area contributed by atoms with Gasteiger partial charge in [-0.2, -0.15) is 0 Å². The van der Waals surface area contributed by atoms with Crippen molar-refractivity contribution in [2.24, 2.45) is 0 Å². The lowest BCUT2D eigenvalue weighted by atomic mass is 10.3. The maximum absolute atomic E-state index is 12.2. The van der Waals surface area contributed by atoms with Gasteiger partial charge in [-0.3, -0.25) is 0 Å². The molecule has 2 N–H and O–H groups in total. The first-order valence-corrected chi connectivity index (χ1v) is 8.09. The van der Waals surface area contributed by atoms with Gasteiger partial charge in [0, 0.05) is 18.2 Å². The second-order valence-corrected chi connectivity index (χ2v) is 6.78. The number of furan rings is 1. The van der Waals surface area contributed by atoms with Gasteiger partial charge in [-0.25, -0.2) is 13.1 Å². The van der Waals surface area contributed by atoms with Crippen LogP contribution in [0.25, 0.3) is 0 Å². The largest absolute Gasteiger partial charge is 0.464 e. The Bertz CT molecular complexity index is 506. The van der Waals surface area contributed by atoms with Gasteiger partial charge in [0.2, 0.25) is 10.0 Å². The number of nitrogens with one attached hydrogen (secondary N) is 2. The molecule has 0 aliphatic rings. The molecule has 0 aliphatic heterocycles. The normalized spacial score (nSPS) is 14.0. The highest BCUT2D eigenvalue weighted by molar-refractivity contribution is 7.89. The summed E-state index contributed by atoms with van der Waals surface area (Å²) < 4.78 is 32.5. The average molecular weight is 288 g/mol. The first-order chi connectivity index (χ1) is 8.76. The Morgan fingerprint density at radius 3 is 2.47 bits per heavy atom. The van der Waals surface area contributed by atoms with Crippen molar-refractivity contribution < 1.29 is 12.8 Å².